The topological polar surface area (TPSA) is 94.6 Å². The number of benzene rings is 1. The maximum absolute atomic E-state index is 12.8. The average Bonchev–Trinajstić information content (AvgIpc) is 3.44. The van der Waals surface area contributed by atoms with Crippen molar-refractivity contribution in [1.29, 1.82) is 0 Å². The summed E-state index contributed by atoms with van der Waals surface area (Å²) in [6, 6.07) is 5.74. The Hall–Kier alpha value is -2.91. The van der Waals surface area contributed by atoms with Crippen LogP contribution in [0.4, 0.5) is 5.82 Å². The summed E-state index contributed by atoms with van der Waals surface area (Å²) in [6.45, 7) is 3.72. The molecule has 31 heavy (non-hydrogen) atoms. The first-order valence-corrected chi connectivity index (χ1v) is 11.0. The second-order valence-corrected chi connectivity index (χ2v) is 8.31. The lowest BCUT2D eigenvalue weighted by Crippen LogP contribution is -2.31. The number of aryl methyl sites for hydroxylation is 1. The number of aromatic nitrogens is 2. The molecule has 2 N–H and O–H groups in total. The van der Waals surface area contributed by atoms with Crippen molar-refractivity contribution in [2.75, 3.05) is 32.7 Å². The SMILES string of the molecule is COc1cccc(CNc2ncnc3sc(C(=O)NCC4CCCO4)c(C)c23)c1OC. The molecule has 3 heterocycles. The molecule has 0 bridgehead atoms. The summed E-state index contributed by atoms with van der Waals surface area (Å²) >= 11 is 1.38. The zero-order valence-corrected chi connectivity index (χ0v) is 18.7. The molecule has 1 saturated heterocycles. The Morgan fingerprint density at radius 2 is 2.16 bits per heavy atom. The minimum Gasteiger partial charge on any atom is -0.493 e. The highest BCUT2D eigenvalue weighted by Crippen LogP contribution is 2.35. The first-order chi connectivity index (χ1) is 15.1. The van der Waals surface area contributed by atoms with Gasteiger partial charge >= 0.3 is 0 Å². The Bertz CT molecular complexity index is 1080. The second kappa shape index (κ2) is 9.49. The molecule has 164 valence electrons. The van der Waals surface area contributed by atoms with Crippen molar-refractivity contribution in [2.24, 2.45) is 0 Å². The molecule has 1 fully saturated rings. The molecule has 0 radical (unpaired) electrons. The smallest absolute Gasteiger partial charge is 0.261 e. The second-order valence-electron chi connectivity index (χ2n) is 7.31. The highest BCUT2D eigenvalue weighted by Gasteiger charge is 2.22. The van der Waals surface area contributed by atoms with Gasteiger partial charge in [0.1, 0.15) is 17.0 Å². The minimum atomic E-state index is -0.101. The Morgan fingerprint density at radius 1 is 1.29 bits per heavy atom. The van der Waals surface area contributed by atoms with Crippen LogP contribution in [0.2, 0.25) is 0 Å². The van der Waals surface area contributed by atoms with Crippen molar-refractivity contribution in [3.8, 4) is 11.5 Å². The van der Waals surface area contributed by atoms with Crippen LogP contribution < -0.4 is 20.1 Å². The van der Waals surface area contributed by atoms with Crippen LogP contribution in [0.25, 0.3) is 10.2 Å². The van der Waals surface area contributed by atoms with Gasteiger partial charge in [-0.15, -0.1) is 11.3 Å². The first kappa shape index (κ1) is 21.3. The number of anilines is 1. The number of ether oxygens (including phenoxy) is 3. The largest absolute Gasteiger partial charge is 0.493 e. The zero-order valence-electron chi connectivity index (χ0n) is 17.9. The van der Waals surface area contributed by atoms with E-state index in [0.29, 0.717) is 35.3 Å². The van der Waals surface area contributed by atoms with Crippen LogP contribution in [-0.4, -0.2) is 49.4 Å². The van der Waals surface area contributed by atoms with Gasteiger partial charge in [0.25, 0.3) is 5.91 Å². The van der Waals surface area contributed by atoms with Crippen molar-refractivity contribution in [2.45, 2.75) is 32.4 Å². The van der Waals surface area contributed by atoms with E-state index in [1.807, 2.05) is 25.1 Å². The molecule has 3 aromatic rings. The van der Waals surface area contributed by atoms with Crippen LogP contribution in [0.5, 0.6) is 11.5 Å². The Kier molecular flexibility index (Phi) is 6.53. The van der Waals surface area contributed by atoms with E-state index in [1.165, 1.54) is 17.7 Å². The number of nitrogens with one attached hydrogen (secondary N) is 2. The lowest BCUT2D eigenvalue weighted by Gasteiger charge is -2.14. The lowest BCUT2D eigenvalue weighted by molar-refractivity contribution is 0.0860. The van der Waals surface area contributed by atoms with Crippen molar-refractivity contribution >= 4 is 33.3 Å². The molecule has 1 aromatic carbocycles. The van der Waals surface area contributed by atoms with Crippen molar-refractivity contribution in [3.63, 3.8) is 0 Å². The summed E-state index contributed by atoms with van der Waals surface area (Å²) in [5.41, 5.74) is 1.81. The van der Waals surface area contributed by atoms with Crippen LogP contribution in [-0.2, 0) is 11.3 Å². The van der Waals surface area contributed by atoms with Crippen molar-refractivity contribution in [3.05, 3.63) is 40.5 Å². The number of hydrogen-bond donors (Lipinski definition) is 2. The zero-order chi connectivity index (χ0) is 21.8. The fourth-order valence-corrected chi connectivity index (χ4v) is 4.85. The highest BCUT2D eigenvalue weighted by molar-refractivity contribution is 7.20. The molecular formula is C22H26N4O4S. The number of amides is 1. The van der Waals surface area contributed by atoms with Gasteiger partial charge in [-0.05, 0) is 31.4 Å². The number of carbonyl (C=O) groups excluding carboxylic acids is 1. The van der Waals surface area contributed by atoms with Gasteiger partial charge in [0, 0.05) is 25.3 Å². The molecular weight excluding hydrogens is 416 g/mol. The molecule has 0 saturated carbocycles. The van der Waals surface area contributed by atoms with E-state index in [0.717, 1.165) is 40.8 Å². The number of carbonyl (C=O) groups is 1. The van der Waals surface area contributed by atoms with E-state index in [2.05, 4.69) is 20.6 Å². The summed E-state index contributed by atoms with van der Waals surface area (Å²) in [5.74, 6) is 1.93. The molecule has 1 unspecified atom stereocenters. The number of rotatable bonds is 8. The van der Waals surface area contributed by atoms with Gasteiger partial charge in [0.15, 0.2) is 11.5 Å². The summed E-state index contributed by atoms with van der Waals surface area (Å²) in [6.07, 6.45) is 3.65. The van der Waals surface area contributed by atoms with E-state index in [1.54, 1.807) is 14.2 Å². The van der Waals surface area contributed by atoms with Crippen LogP contribution in [0, 0.1) is 6.92 Å². The standard InChI is InChI=1S/C22H26N4O4S/c1-13-17-20(23-10-14-6-4-8-16(28-2)18(14)29-3)25-12-26-22(17)31-19(13)21(27)24-11-15-7-5-9-30-15/h4,6,8,12,15H,5,7,9-11H2,1-3H3,(H,24,27)(H,23,25,26). The number of hydrogen-bond acceptors (Lipinski definition) is 8. The number of nitrogens with zero attached hydrogens (tertiary/aromatic N) is 2. The lowest BCUT2D eigenvalue weighted by atomic mass is 10.1. The van der Waals surface area contributed by atoms with Crippen LogP contribution >= 0.6 is 11.3 Å². The van der Waals surface area contributed by atoms with Gasteiger partial charge in [0.05, 0.1) is 30.6 Å². The van der Waals surface area contributed by atoms with E-state index in [-0.39, 0.29) is 12.0 Å². The van der Waals surface area contributed by atoms with E-state index in [4.69, 9.17) is 14.2 Å². The van der Waals surface area contributed by atoms with E-state index >= 15 is 0 Å². The molecule has 9 heteroatoms. The van der Waals surface area contributed by atoms with Gasteiger partial charge in [-0.2, -0.15) is 0 Å². The van der Waals surface area contributed by atoms with Gasteiger partial charge in [0.2, 0.25) is 0 Å². The fraction of sp³-hybridized carbons (Fsp3) is 0.409. The summed E-state index contributed by atoms with van der Waals surface area (Å²) in [4.78, 5) is 23.0. The number of para-hydroxylation sites is 1. The Labute approximate surface area is 184 Å². The minimum absolute atomic E-state index is 0.101. The van der Waals surface area contributed by atoms with E-state index in [9.17, 15) is 4.79 Å². The molecule has 4 rings (SSSR count). The summed E-state index contributed by atoms with van der Waals surface area (Å²) in [5, 5.41) is 7.22. The molecule has 1 aliphatic heterocycles. The fourth-order valence-electron chi connectivity index (χ4n) is 3.79. The quantitative estimate of drug-likeness (QED) is 0.551. The highest BCUT2D eigenvalue weighted by atomic mass is 32.1. The summed E-state index contributed by atoms with van der Waals surface area (Å²) < 4.78 is 16.5. The Morgan fingerprint density at radius 3 is 2.90 bits per heavy atom. The third-order valence-electron chi connectivity index (χ3n) is 5.38. The van der Waals surface area contributed by atoms with Crippen molar-refractivity contribution in [1.82, 2.24) is 15.3 Å². The predicted molar refractivity (Wildman–Crippen MR) is 120 cm³/mol. The molecule has 2 aromatic heterocycles. The van der Waals surface area contributed by atoms with Gasteiger partial charge in [-0.25, -0.2) is 9.97 Å². The van der Waals surface area contributed by atoms with E-state index < -0.39 is 0 Å². The molecule has 1 atom stereocenters. The first-order valence-electron chi connectivity index (χ1n) is 10.2. The maximum atomic E-state index is 12.8. The molecule has 0 spiro atoms. The molecule has 8 nitrogen and oxygen atoms in total. The van der Waals surface area contributed by atoms with Crippen molar-refractivity contribution < 1.29 is 19.0 Å². The maximum Gasteiger partial charge on any atom is 0.261 e. The molecule has 0 aliphatic carbocycles. The number of methoxy groups -OCH3 is 2. The average molecular weight is 443 g/mol. The third kappa shape index (κ3) is 4.42. The van der Waals surface area contributed by atoms with Crippen LogP contribution in [0.3, 0.4) is 0 Å². The van der Waals surface area contributed by atoms with Crippen LogP contribution in [0.15, 0.2) is 24.5 Å². The molecule has 1 aliphatic rings. The predicted octanol–water partition coefficient (Wildman–Crippen LogP) is 3.54. The normalized spacial score (nSPS) is 15.8. The summed E-state index contributed by atoms with van der Waals surface area (Å²) in [7, 11) is 3.23. The van der Waals surface area contributed by atoms with Gasteiger partial charge in [-0.3, -0.25) is 4.79 Å². The number of thiophene rings is 1. The third-order valence-corrected chi connectivity index (χ3v) is 6.58. The van der Waals surface area contributed by atoms with Gasteiger partial charge in [-0.1, -0.05) is 12.1 Å². The van der Waals surface area contributed by atoms with Gasteiger partial charge < -0.3 is 24.8 Å². The Balaban J connectivity index is 1.55. The molecule has 1 amide bonds. The monoisotopic (exact) mass is 442 g/mol. The number of fused-ring (bicyclic) bond motifs is 1. The van der Waals surface area contributed by atoms with Crippen LogP contribution in [0.1, 0.15) is 33.6 Å².